The van der Waals surface area contributed by atoms with Crippen LogP contribution < -0.4 is 26.3 Å². The van der Waals surface area contributed by atoms with E-state index in [1.165, 1.54) is 0 Å². The number of hydrogen-bond donors (Lipinski definition) is 4. The summed E-state index contributed by atoms with van der Waals surface area (Å²) in [5.74, 6) is 0.634. The minimum absolute atomic E-state index is 0.131. The lowest BCUT2D eigenvalue weighted by atomic mass is 10.1. The molecular formula is C20H19N5O4. The van der Waals surface area contributed by atoms with E-state index in [1.54, 1.807) is 13.0 Å². The Kier molecular flexibility index (Phi) is 3.76. The van der Waals surface area contributed by atoms with E-state index in [9.17, 15) is 4.79 Å². The molecule has 0 spiro atoms. The van der Waals surface area contributed by atoms with Crippen molar-refractivity contribution in [2.45, 2.75) is 13.0 Å². The van der Waals surface area contributed by atoms with Crippen LogP contribution in [0.15, 0.2) is 34.7 Å². The molecule has 0 aliphatic carbocycles. The van der Waals surface area contributed by atoms with Crippen LogP contribution in [-0.2, 0) is 4.79 Å². The average molecular weight is 393 g/mol. The van der Waals surface area contributed by atoms with Crippen molar-refractivity contribution in [1.82, 2.24) is 9.97 Å². The van der Waals surface area contributed by atoms with Gasteiger partial charge in [0, 0.05) is 24.2 Å². The van der Waals surface area contributed by atoms with Crippen molar-refractivity contribution < 1.29 is 18.7 Å². The first-order valence-electron chi connectivity index (χ1n) is 9.18. The lowest BCUT2D eigenvalue weighted by Crippen LogP contribution is -2.30. The molecule has 1 atom stereocenters. The van der Waals surface area contributed by atoms with Crippen molar-refractivity contribution in [3.8, 4) is 22.8 Å². The van der Waals surface area contributed by atoms with Crippen LogP contribution in [0.25, 0.3) is 33.3 Å². The predicted octanol–water partition coefficient (Wildman–Crippen LogP) is 2.62. The first kappa shape index (κ1) is 17.2. The average Bonchev–Trinajstić information content (AvgIpc) is 3.15. The number of hydrogen-bond acceptors (Lipinski definition) is 7. The lowest BCUT2D eigenvalue weighted by Gasteiger charge is -2.13. The van der Waals surface area contributed by atoms with Gasteiger partial charge in [-0.25, -0.2) is 0 Å². The molecule has 6 N–H and O–H groups in total. The Morgan fingerprint density at radius 2 is 2.17 bits per heavy atom. The van der Waals surface area contributed by atoms with Crippen LogP contribution in [0.3, 0.4) is 0 Å². The highest BCUT2D eigenvalue weighted by Gasteiger charge is 2.22. The second-order valence-electron chi connectivity index (χ2n) is 6.89. The maximum atomic E-state index is 11.4. The Morgan fingerprint density at radius 1 is 1.31 bits per heavy atom. The van der Waals surface area contributed by atoms with Gasteiger partial charge in [-0.05, 0) is 25.1 Å². The van der Waals surface area contributed by atoms with E-state index < -0.39 is 12.0 Å². The van der Waals surface area contributed by atoms with Crippen molar-refractivity contribution in [1.29, 1.82) is 0 Å². The normalized spacial score (nSPS) is 14.2. The first-order chi connectivity index (χ1) is 14.0. The number of H-pyrrole nitrogens is 1. The molecule has 4 aromatic rings. The van der Waals surface area contributed by atoms with E-state index in [1.807, 2.05) is 24.3 Å². The number of carbonyl (C=O) groups excluding carboxylic acids is 1. The zero-order chi connectivity index (χ0) is 20.1. The van der Waals surface area contributed by atoms with Crippen molar-refractivity contribution >= 4 is 39.6 Å². The third-order valence-corrected chi connectivity index (χ3v) is 4.90. The number of oxazole rings is 1. The SMILES string of the molecule is C[C@H](Oc1cc2c3c(c(-c4ccc5oc(N)nc5c4)[nH]c3c1)NCCO2)C(N)=O. The topological polar surface area (TPSA) is 141 Å². The summed E-state index contributed by atoms with van der Waals surface area (Å²) < 4.78 is 16.9. The number of nitrogens with two attached hydrogens (primary N) is 2. The molecule has 9 heteroatoms. The number of rotatable bonds is 4. The number of aromatic nitrogens is 2. The van der Waals surface area contributed by atoms with Gasteiger partial charge in [0.25, 0.3) is 11.9 Å². The number of nitrogen functional groups attached to an aromatic ring is 1. The van der Waals surface area contributed by atoms with E-state index in [0.29, 0.717) is 35.8 Å². The molecule has 1 aliphatic rings. The van der Waals surface area contributed by atoms with E-state index >= 15 is 0 Å². The highest BCUT2D eigenvalue weighted by molar-refractivity contribution is 6.06. The number of amides is 1. The molecule has 0 saturated heterocycles. The predicted molar refractivity (Wildman–Crippen MR) is 109 cm³/mol. The van der Waals surface area contributed by atoms with Crippen molar-refractivity contribution in [3.63, 3.8) is 0 Å². The molecule has 9 nitrogen and oxygen atoms in total. The highest BCUT2D eigenvalue weighted by Crippen LogP contribution is 2.43. The van der Waals surface area contributed by atoms with Crippen LogP contribution in [0.1, 0.15) is 6.92 Å². The minimum Gasteiger partial charge on any atom is -0.491 e. The standard InChI is InChI=1S/C20H19N5O4/c1-9(19(21)26)28-11-7-13-16-15(8-11)27-5-4-23-18(16)17(24-13)10-2-3-14-12(6-10)25-20(22)29-14/h2-3,6-9,23-24H,4-5H2,1H3,(H2,21,26)(H2,22,25)/t9-/m0/s1. The number of carbonyl (C=O) groups is 1. The fourth-order valence-corrected chi connectivity index (χ4v) is 3.54. The third-order valence-electron chi connectivity index (χ3n) is 4.90. The summed E-state index contributed by atoms with van der Waals surface area (Å²) in [6, 6.07) is 9.42. The maximum Gasteiger partial charge on any atom is 0.292 e. The molecule has 0 unspecified atom stereocenters. The summed E-state index contributed by atoms with van der Waals surface area (Å²) >= 11 is 0. The van der Waals surface area contributed by atoms with Crippen LogP contribution in [0.5, 0.6) is 11.5 Å². The van der Waals surface area contributed by atoms with Crippen molar-refractivity contribution in [2.24, 2.45) is 5.73 Å². The van der Waals surface area contributed by atoms with Crippen LogP contribution in [0.2, 0.25) is 0 Å². The molecule has 148 valence electrons. The van der Waals surface area contributed by atoms with Gasteiger partial charge in [-0.2, -0.15) is 4.98 Å². The Labute approximate surface area is 165 Å². The van der Waals surface area contributed by atoms with Gasteiger partial charge in [0.1, 0.15) is 23.6 Å². The summed E-state index contributed by atoms with van der Waals surface area (Å²) in [5, 5.41) is 4.34. The van der Waals surface area contributed by atoms with Crippen molar-refractivity contribution in [3.05, 3.63) is 30.3 Å². The summed E-state index contributed by atoms with van der Waals surface area (Å²) in [4.78, 5) is 19.0. The van der Waals surface area contributed by atoms with Gasteiger partial charge in [0.2, 0.25) is 0 Å². The van der Waals surface area contributed by atoms with E-state index in [-0.39, 0.29) is 6.01 Å². The number of ether oxygens (including phenoxy) is 2. The zero-order valence-corrected chi connectivity index (χ0v) is 15.6. The summed E-state index contributed by atoms with van der Waals surface area (Å²) in [6.07, 6.45) is -0.752. The molecule has 0 saturated carbocycles. The monoisotopic (exact) mass is 393 g/mol. The van der Waals surface area contributed by atoms with Crippen LogP contribution in [0.4, 0.5) is 11.7 Å². The van der Waals surface area contributed by atoms with Gasteiger partial charge in [0.15, 0.2) is 11.7 Å². The van der Waals surface area contributed by atoms with Crippen LogP contribution in [0, 0.1) is 0 Å². The van der Waals surface area contributed by atoms with Crippen molar-refractivity contribution in [2.75, 3.05) is 24.2 Å². The largest absolute Gasteiger partial charge is 0.491 e. The fourth-order valence-electron chi connectivity index (χ4n) is 3.54. The van der Waals surface area contributed by atoms with E-state index in [2.05, 4.69) is 15.3 Å². The van der Waals surface area contributed by atoms with Crippen LogP contribution >= 0.6 is 0 Å². The molecule has 0 radical (unpaired) electrons. The molecule has 3 heterocycles. The number of aromatic amines is 1. The zero-order valence-electron chi connectivity index (χ0n) is 15.6. The third kappa shape index (κ3) is 2.87. The van der Waals surface area contributed by atoms with Crippen LogP contribution in [-0.4, -0.2) is 35.1 Å². The minimum atomic E-state index is -0.752. The lowest BCUT2D eigenvalue weighted by molar-refractivity contribution is -0.123. The molecule has 1 aliphatic heterocycles. The number of anilines is 2. The Bertz CT molecular complexity index is 1260. The number of nitrogens with zero attached hydrogens (tertiary/aromatic N) is 1. The number of benzene rings is 2. The second-order valence-corrected chi connectivity index (χ2v) is 6.89. The van der Waals surface area contributed by atoms with Gasteiger partial charge in [-0.15, -0.1) is 0 Å². The second kappa shape index (κ2) is 6.33. The molecule has 29 heavy (non-hydrogen) atoms. The fraction of sp³-hybridized carbons (Fsp3) is 0.200. The number of fused-ring (bicyclic) bond motifs is 1. The molecule has 2 aromatic heterocycles. The Balaban J connectivity index is 1.67. The summed E-state index contributed by atoms with van der Waals surface area (Å²) in [7, 11) is 0. The Morgan fingerprint density at radius 3 is 3.00 bits per heavy atom. The maximum absolute atomic E-state index is 11.4. The van der Waals surface area contributed by atoms with Gasteiger partial charge in [0.05, 0.1) is 22.3 Å². The quantitative estimate of drug-likeness (QED) is 0.417. The van der Waals surface area contributed by atoms with E-state index in [4.69, 9.17) is 25.4 Å². The van der Waals surface area contributed by atoms with E-state index in [0.717, 1.165) is 27.8 Å². The first-order valence-corrected chi connectivity index (χ1v) is 9.18. The van der Waals surface area contributed by atoms with Gasteiger partial charge in [-0.1, -0.05) is 0 Å². The molecular weight excluding hydrogens is 374 g/mol. The smallest absolute Gasteiger partial charge is 0.292 e. The molecule has 2 aromatic carbocycles. The van der Waals surface area contributed by atoms with Gasteiger partial charge in [-0.3, -0.25) is 4.79 Å². The molecule has 0 fully saturated rings. The number of nitrogens with one attached hydrogen (secondary N) is 2. The molecule has 5 rings (SSSR count). The highest BCUT2D eigenvalue weighted by atomic mass is 16.5. The van der Waals surface area contributed by atoms with Gasteiger partial charge < -0.3 is 35.7 Å². The number of primary amides is 1. The van der Waals surface area contributed by atoms with Gasteiger partial charge >= 0.3 is 0 Å². The Hall–Kier alpha value is -3.88. The molecule has 1 amide bonds. The summed E-state index contributed by atoms with van der Waals surface area (Å²) in [5.41, 5.74) is 15.8. The summed E-state index contributed by atoms with van der Waals surface area (Å²) in [6.45, 7) is 2.75. The molecule has 0 bridgehead atoms.